The highest BCUT2D eigenvalue weighted by Gasteiger charge is 2.36. The maximum atomic E-state index is 11.1. The quantitative estimate of drug-likeness (QED) is 0.781. The molecule has 1 saturated heterocycles. The molecule has 14 heavy (non-hydrogen) atoms. The Morgan fingerprint density at radius 3 is 2.36 bits per heavy atom. The minimum atomic E-state index is -0.743. The molecule has 0 bridgehead atoms. The largest absolute Gasteiger partial charge is 0.480 e. The molecule has 1 N–H and O–H groups in total. The molecule has 0 unspecified atom stereocenters. The number of carbonyl (C=O) groups is 1. The van der Waals surface area contributed by atoms with E-state index in [9.17, 15) is 4.79 Å². The molecule has 1 rings (SSSR count). The van der Waals surface area contributed by atoms with E-state index in [2.05, 4.69) is 0 Å². The number of hydrogen-bond donors (Lipinski definition) is 1. The lowest BCUT2D eigenvalue weighted by Crippen LogP contribution is -2.53. The van der Waals surface area contributed by atoms with Crippen molar-refractivity contribution in [2.45, 2.75) is 38.3 Å². The van der Waals surface area contributed by atoms with Crippen LogP contribution in [0.5, 0.6) is 0 Å². The van der Waals surface area contributed by atoms with E-state index in [0.29, 0.717) is 6.04 Å². The fourth-order valence-corrected chi connectivity index (χ4v) is 2.76. The van der Waals surface area contributed by atoms with Gasteiger partial charge in [0.15, 0.2) is 0 Å². The first kappa shape index (κ1) is 11.9. The van der Waals surface area contributed by atoms with E-state index >= 15 is 0 Å². The Bertz CT molecular complexity index is 212. The average Bonchev–Trinajstić information content (AvgIpc) is 2.17. The molecule has 0 aliphatic carbocycles. The van der Waals surface area contributed by atoms with E-state index in [1.165, 1.54) is 0 Å². The van der Waals surface area contributed by atoms with Gasteiger partial charge in [-0.3, -0.25) is 9.69 Å². The molecule has 0 radical (unpaired) electrons. The van der Waals surface area contributed by atoms with Gasteiger partial charge >= 0.3 is 5.97 Å². The van der Waals surface area contributed by atoms with Crippen LogP contribution in [0.25, 0.3) is 0 Å². The van der Waals surface area contributed by atoms with E-state index in [1.807, 2.05) is 23.7 Å². The molecule has 0 atom stereocenters. The van der Waals surface area contributed by atoms with Crippen molar-refractivity contribution >= 4 is 17.7 Å². The molecule has 82 valence electrons. The van der Waals surface area contributed by atoms with Crippen LogP contribution in [0.2, 0.25) is 0 Å². The third kappa shape index (κ3) is 2.42. The molecule has 3 nitrogen and oxygen atoms in total. The van der Waals surface area contributed by atoms with Gasteiger partial charge in [-0.1, -0.05) is 0 Å². The highest BCUT2D eigenvalue weighted by Crippen LogP contribution is 2.26. The van der Waals surface area contributed by atoms with Crippen LogP contribution in [0.15, 0.2) is 0 Å². The summed E-state index contributed by atoms with van der Waals surface area (Å²) in [6.07, 6.45) is 2.22. The number of aliphatic carboxylic acids is 1. The zero-order valence-electron chi connectivity index (χ0n) is 9.12. The second kappa shape index (κ2) is 4.53. The molecular formula is C10H19NO2S. The Balaban J connectivity index is 2.62. The van der Waals surface area contributed by atoms with Crippen molar-refractivity contribution in [2.75, 3.05) is 18.6 Å². The summed E-state index contributed by atoms with van der Waals surface area (Å²) in [7, 11) is 1.93. The van der Waals surface area contributed by atoms with Crippen molar-refractivity contribution in [1.82, 2.24) is 4.90 Å². The van der Waals surface area contributed by atoms with Gasteiger partial charge in [0.25, 0.3) is 0 Å². The highest BCUT2D eigenvalue weighted by molar-refractivity contribution is 7.99. The van der Waals surface area contributed by atoms with E-state index in [1.54, 1.807) is 13.8 Å². The van der Waals surface area contributed by atoms with E-state index in [-0.39, 0.29) is 0 Å². The minimum Gasteiger partial charge on any atom is -0.480 e. The maximum absolute atomic E-state index is 11.1. The molecule has 1 aliphatic heterocycles. The van der Waals surface area contributed by atoms with Crippen LogP contribution in [-0.4, -0.2) is 46.1 Å². The summed E-state index contributed by atoms with van der Waals surface area (Å²) in [4.78, 5) is 13.1. The van der Waals surface area contributed by atoms with E-state index in [4.69, 9.17) is 5.11 Å². The van der Waals surface area contributed by atoms with Gasteiger partial charge in [-0.2, -0.15) is 11.8 Å². The van der Waals surface area contributed by atoms with Crippen molar-refractivity contribution in [3.63, 3.8) is 0 Å². The third-order valence-corrected chi connectivity index (χ3v) is 4.19. The standard InChI is InChI=1S/C10H19NO2S/c1-10(2,9(12)13)11(3)8-4-6-14-7-5-8/h8H,4-7H2,1-3H3,(H,12,13). The number of carboxylic acid groups (broad SMARTS) is 1. The Morgan fingerprint density at radius 2 is 1.93 bits per heavy atom. The second-order valence-electron chi connectivity index (χ2n) is 4.32. The zero-order valence-corrected chi connectivity index (χ0v) is 9.93. The number of rotatable bonds is 3. The lowest BCUT2D eigenvalue weighted by molar-refractivity contribution is -0.150. The fraction of sp³-hybridized carbons (Fsp3) is 0.900. The predicted molar refractivity (Wildman–Crippen MR) is 59.8 cm³/mol. The Morgan fingerprint density at radius 1 is 1.43 bits per heavy atom. The van der Waals surface area contributed by atoms with Crippen molar-refractivity contribution in [2.24, 2.45) is 0 Å². The first-order chi connectivity index (χ1) is 6.46. The summed E-state index contributed by atoms with van der Waals surface area (Å²) in [5.74, 6) is 1.58. The van der Waals surface area contributed by atoms with Gasteiger partial charge in [-0.15, -0.1) is 0 Å². The van der Waals surface area contributed by atoms with Crippen molar-refractivity contribution < 1.29 is 9.90 Å². The molecule has 0 spiro atoms. The Labute approximate surface area is 89.9 Å². The van der Waals surface area contributed by atoms with E-state index < -0.39 is 11.5 Å². The number of likely N-dealkylation sites (N-methyl/N-ethyl adjacent to an activating group) is 1. The topological polar surface area (TPSA) is 40.5 Å². The maximum Gasteiger partial charge on any atom is 0.323 e. The number of thioether (sulfide) groups is 1. The summed E-state index contributed by atoms with van der Waals surface area (Å²) >= 11 is 1.96. The molecule has 0 aromatic rings. The fourth-order valence-electron chi connectivity index (χ4n) is 1.68. The molecule has 1 fully saturated rings. The molecule has 1 heterocycles. The minimum absolute atomic E-state index is 0.433. The van der Waals surface area contributed by atoms with Crippen LogP contribution in [0.4, 0.5) is 0 Å². The molecular weight excluding hydrogens is 198 g/mol. The van der Waals surface area contributed by atoms with Crippen LogP contribution >= 0.6 is 11.8 Å². The van der Waals surface area contributed by atoms with Gasteiger partial charge in [-0.05, 0) is 45.2 Å². The second-order valence-corrected chi connectivity index (χ2v) is 5.54. The number of nitrogens with zero attached hydrogens (tertiary/aromatic N) is 1. The molecule has 0 aromatic heterocycles. The van der Waals surface area contributed by atoms with Crippen LogP contribution < -0.4 is 0 Å². The molecule has 1 aliphatic rings. The van der Waals surface area contributed by atoms with Gasteiger partial charge in [0, 0.05) is 6.04 Å². The van der Waals surface area contributed by atoms with Crippen molar-refractivity contribution in [3.05, 3.63) is 0 Å². The molecule has 0 aromatic carbocycles. The number of hydrogen-bond acceptors (Lipinski definition) is 3. The van der Waals surface area contributed by atoms with Crippen LogP contribution in [-0.2, 0) is 4.79 Å². The van der Waals surface area contributed by atoms with Crippen LogP contribution in [0.1, 0.15) is 26.7 Å². The van der Waals surface area contributed by atoms with Gasteiger partial charge in [0.1, 0.15) is 5.54 Å². The predicted octanol–water partition coefficient (Wildman–Crippen LogP) is 1.68. The Kier molecular flexibility index (Phi) is 3.84. The summed E-state index contributed by atoms with van der Waals surface area (Å²) < 4.78 is 0. The first-order valence-electron chi connectivity index (χ1n) is 5.00. The summed E-state index contributed by atoms with van der Waals surface area (Å²) in [5, 5.41) is 9.10. The van der Waals surface area contributed by atoms with Gasteiger partial charge in [0.05, 0.1) is 0 Å². The molecule has 0 amide bonds. The monoisotopic (exact) mass is 217 g/mol. The first-order valence-corrected chi connectivity index (χ1v) is 6.16. The summed E-state index contributed by atoms with van der Waals surface area (Å²) in [5.41, 5.74) is -0.743. The smallest absolute Gasteiger partial charge is 0.323 e. The Hall–Kier alpha value is -0.220. The number of carboxylic acids is 1. The van der Waals surface area contributed by atoms with Crippen LogP contribution in [0.3, 0.4) is 0 Å². The molecule has 4 heteroatoms. The van der Waals surface area contributed by atoms with Crippen LogP contribution in [0, 0.1) is 0 Å². The van der Waals surface area contributed by atoms with Gasteiger partial charge in [0.2, 0.25) is 0 Å². The van der Waals surface area contributed by atoms with E-state index in [0.717, 1.165) is 24.3 Å². The SMILES string of the molecule is CN(C1CCSCC1)C(C)(C)C(=O)O. The molecule has 0 saturated carbocycles. The third-order valence-electron chi connectivity index (χ3n) is 3.14. The normalized spacial score (nSPS) is 20.0. The summed E-state index contributed by atoms with van der Waals surface area (Å²) in [6.45, 7) is 3.55. The van der Waals surface area contributed by atoms with Gasteiger partial charge < -0.3 is 5.11 Å². The lowest BCUT2D eigenvalue weighted by atomic mass is 9.99. The van der Waals surface area contributed by atoms with Crippen molar-refractivity contribution in [1.29, 1.82) is 0 Å². The summed E-state index contributed by atoms with van der Waals surface area (Å²) in [6, 6.07) is 0.433. The zero-order chi connectivity index (χ0) is 10.8. The van der Waals surface area contributed by atoms with Gasteiger partial charge in [-0.25, -0.2) is 0 Å². The average molecular weight is 217 g/mol. The highest BCUT2D eigenvalue weighted by atomic mass is 32.2. The lowest BCUT2D eigenvalue weighted by Gasteiger charge is -2.39. The van der Waals surface area contributed by atoms with Crippen molar-refractivity contribution in [3.8, 4) is 0 Å².